The van der Waals surface area contributed by atoms with Crippen molar-refractivity contribution in [1.29, 1.82) is 0 Å². The van der Waals surface area contributed by atoms with Crippen molar-refractivity contribution in [2.75, 3.05) is 26.2 Å². The predicted octanol–water partition coefficient (Wildman–Crippen LogP) is 4.02. The summed E-state index contributed by atoms with van der Waals surface area (Å²) >= 11 is 0. The van der Waals surface area contributed by atoms with Gasteiger partial charge in [0, 0.05) is 37.4 Å². The molecular weight excluding hydrogens is 504 g/mol. The van der Waals surface area contributed by atoms with Gasteiger partial charge in [-0.2, -0.15) is 30.6 Å². The molecule has 1 aliphatic heterocycles. The van der Waals surface area contributed by atoms with Crippen LogP contribution in [0.4, 0.5) is 26.3 Å². The van der Waals surface area contributed by atoms with Crippen LogP contribution in [-0.2, 0) is 22.4 Å². The summed E-state index contributed by atoms with van der Waals surface area (Å²) in [6.45, 7) is 3.55. The van der Waals surface area contributed by atoms with E-state index in [0.29, 0.717) is 16.8 Å². The zero-order valence-corrected chi connectivity index (χ0v) is 19.6. The number of piperazine rings is 1. The topological polar surface area (TPSA) is 90.6 Å². The van der Waals surface area contributed by atoms with Gasteiger partial charge in [-0.15, -0.1) is 0 Å². The molecule has 1 amide bonds. The summed E-state index contributed by atoms with van der Waals surface area (Å²) in [6, 6.07) is 0.179. The van der Waals surface area contributed by atoms with E-state index in [0.717, 1.165) is 4.31 Å². The number of Topliss-reactive ketones (excluding diaryl/α,β-unsaturated/α-hetero) is 1. The number of aryl methyl sites for hydroxylation is 1. The van der Waals surface area contributed by atoms with E-state index in [1.165, 1.54) is 11.8 Å². The van der Waals surface area contributed by atoms with Crippen LogP contribution in [0.3, 0.4) is 0 Å². The highest BCUT2D eigenvalue weighted by Crippen LogP contribution is 2.38. The molecule has 1 N–H and O–H groups in total. The van der Waals surface area contributed by atoms with Gasteiger partial charge >= 0.3 is 12.4 Å². The smallest absolute Gasteiger partial charge is 0.354 e. The van der Waals surface area contributed by atoms with Crippen LogP contribution in [0.2, 0.25) is 0 Å². The second-order valence-electron chi connectivity index (χ2n) is 8.12. The molecule has 1 saturated heterocycles. The Hall–Kier alpha value is -2.87. The molecule has 192 valence electrons. The molecule has 0 unspecified atom stereocenters. The molecule has 0 saturated carbocycles. The molecule has 0 bridgehead atoms. The largest absolute Gasteiger partial charge is 0.416 e. The monoisotopic (exact) mass is 525 g/mol. The molecule has 1 aliphatic rings. The Labute approximate surface area is 196 Å². The van der Waals surface area contributed by atoms with Crippen LogP contribution in [-0.4, -0.2) is 60.5 Å². The Kier molecular flexibility index (Phi) is 6.85. The number of hydrogen-bond acceptors (Lipinski definition) is 4. The van der Waals surface area contributed by atoms with Crippen LogP contribution < -0.4 is 0 Å². The summed E-state index contributed by atoms with van der Waals surface area (Å²) in [4.78, 5) is 27.7. The molecule has 2 aromatic rings. The molecular formula is C21H21F6N3O4S. The van der Waals surface area contributed by atoms with Crippen molar-refractivity contribution in [2.45, 2.75) is 38.0 Å². The number of nitrogens with zero attached hydrogens (tertiary/aromatic N) is 2. The van der Waals surface area contributed by atoms with Crippen molar-refractivity contribution >= 4 is 21.7 Å². The number of H-pyrrole nitrogens is 1. The van der Waals surface area contributed by atoms with E-state index in [-0.39, 0.29) is 55.9 Å². The normalized spacial score (nSPS) is 16.0. The van der Waals surface area contributed by atoms with Gasteiger partial charge < -0.3 is 9.88 Å². The number of nitrogens with one attached hydrogen (secondary N) is 1. The van der Waals surface area contributed by atoms with Gasteiger partial charge in [0.1, 0.15) is 5.69 Å². The number of hydrogen-bond donors (Lipinski definition) is 1. The Morgan fingerprint density at radius 1 is 0.886 bits per heavy atom. The fourth-order valence-electron chi connectivity index (χ4n) is 4.01. The summed E-state index contributed by atoms with van der Waals surface area (Å²) < 4.78 is 105. The van der Waals surface area contributed by atoms with Crippen LogP contribution in [0, 0.1) is 13.8 Å². The van der Waals surface area contributed by atoms with Crippen LogP contribution in [0.15, 0.2) is 23.1 Å². The maximum Gasteiger partial charge on any atom is 0.416 e. The maximum absolute atomic E-state index is 13.1. The minimum atomic E-state index is -5.19. The molecule has 14 heteroatoms. The Balaban J connectivity index is 1.85. The lowest BCUT2D eigenvalue weighted by Crippen LogP contribution is -2.50. The first kappa shape index (κ1) is 26.7. The number of halogens is 6. The lowest BCUT2D eigenvalue weighted by Gasteiger charge is -2.34. The molecule has 1 aromatic heterocycles. The molecule has 1 aromatic carbocycles. The fraction of sp³-hybridized carbons (Fsp3) is 0.429. The third-order valence-electron chi connectivity index (χ3n) is 5.73. The number of aromatic amines is 1. The number of alkyl halides is 6. The van der Waals surface area contributed by atoms with E-state index in [2.05, 4.69) is 4.98 Å². The van der Waals surface area contributed by atoms with E-state index in [1.807, 2.05) is 0 Å². The first-order valence-corrected chi connectivity index (χ1v) is 11.7. The van der Waals surface area contributed by atoms with Crippen LogP contribution in [0.5, 0.6) is 0 Å². The van der Waals surface area contributed by atoms with Crippen molar-refractivity contribution in [3.05, 3.63) is 51.8 Å². The highest BCUT2D eigenvalue weighted by molar-refractivity contribution is 7.89. The van der Waals surface area contributed by atoms with E-state index in [9.17, 15) is 44.3 Å². The van der Waals surface area contributed by atoms with Gasteiger partial charge in [0.2, 0.25) is 10.0 Å². The summed E-state index contributed by atoms with van der Waals surface area (Å²) in [6.07, 6.45) is -10.4. The molecule has 2 heterocycles. The average molecular weight is 525 g/mol. The van der Waals surface area contributed by atoms with E-state index in [1.54, 1.807) is 13.8 Å². The number of ketones is 1. The van der Waals surface area contributed by atoms with Gasteiger partial charge in [0.15, 0.2) is 5.78 Å². The van der Waals surface area contributed by atoms with E-state index < -0.39 is 44.3 Å². The Morgan fingerprint density at radius 3 is 1.77 bits per heavy atom. The lowest BCUT2D eigenvalue weighted by atomic mass is 10.1. The first-order valence-electron chi connectivity index (χ1n) is 10.2. The number of carbonyl (C=O) groups excluding carboxylic acids is 2. The third-order valence-corrected chi connectivity index (χ3v) is 7.60. The molecule has 3 rings (SSSR count). The molecule has 0 radical (unpaired) electrons. The molecule has 35 heavy (non-hydrogen) atoms. The summed E-state index contributed by atoms with van der Waals surface area (Å²) in [5.41, 5.74) is -2.04. The third kappa shape index (κ3) is 5.22. The second kappa shape index (κ2) is 8.97. The van der Waals surface area contributed by atoms with Crippen molar-refractivity contribution in [1.82, 2.24) is 14.2 Å². The Morgan fingerprint density at radius 2 is 1.37 bits per heavy atom. The first-order chi connectivity index (χ1) is 15.9. The minimum absolute atomic E-state index is 0.147. The Bertz CT molecular complexity index is 1240. The number of aromatic nitrogens is 1. The number of carbonyl (C=O) groups is 2. The van der Waals surface area contributed by atoms with Gasteiger partial charge in [-0.1, -0.05) is 0 Å². The summed E-state index contributed by atoms with van der Waals surface area (Å²) in [7, 11) is -4.72. The zero-order valence-electron chi connectivity index (χ0n) is 18.8. The quantitative estimate of drug-likeness (QED) is 0.483. The fourth-order valence-corrected chi connectivity index (χ4v) is 5.50. The SMILES string of the molecule is CC(=O)c1c(C)[nH]c(C(=O)N2CCN(S(=O)(=O)c3cc(C(F)(F)F)cc(C(F)(F)F)c3)CC2)c1C. The zero-order chi connectivity index (χ0) is 26.5. The van der Waals surface area contributed by atoms with Crippen molar-refractivity contribution < 1.29 is 44.3 Å². The summed E-state index contributed by atoms with van der Waals surface area (Å²) in [5.74, 6) is -0.751. The van der Waals surface area contributed by atoms with Gasteiger partial charge in [0.25, 0.3) is 5.91 Å². The molecule has 0 spiro atoms. The van der Waals surface area contributed by atoms with Crippen LogP contribution in [0.25, 0.3) is 0 Å². The highest BCUT2D eigenvalue weighted by atomic mass is 32.2. The molecule has 1 fully saturated rings. The van der Waals surface area contributed by atoms with Crippen LogP contribution >= 0.6 is 0 Å². The summed E-state index contributed by atoms with van der Waals surface area (Å²) in [5, 5.41) is 0. The van der Waals surface area contributed by atoms with E-state index in [4.69, 9.17) is 0 Å². The number of amides is 1. The molecule has 7 nitrogen and oxygen atoms in total. The predicted molar refractivity (Wildman–Crippen MR) is 111 cm³/mol. The second-order valence-corrected chi connectivity index (χ2v) is 10.1. The van der Waals surface area contributed by atoms with Crippen molar-refractivity contribution in [2.24, 2.45) is 0 Å². The minimum Gasteiger partial charge on any atom is -0.354 e. The molecule has 0 atom stereocenters. The maximum atomic E-state index is 13.1. The average Bonchev–Trinajstić information content (AvgIpc) is 3.05. The highest BCUT2D eigenvalue weighted by Gasteiger charge is 2.40. The van der Waals surface area contributed by atoms with Gasteiger partial charge in [0.05, 0.1) is 16.0 Å². The van der Waals surface area contributed by atoms with Crippen molar-refractivity contribution in [3.8, 4) is 0 Å². The van der Waals surface area contributed by atoms with Gasteiger partial charge in [-0.25, -0.2) is 8.42 Å². The molecule has 0 aliphatic carbocycles. The lowest BCUT2D eigenvalue weighted by molar-refractivity contribution is -0.143. The number of rotatable bonds is 4. The standard InChI is InChI=1S/C21H21F6N3O4S/c1-11-17(13(3)31)12(2)28-18(11)19(32)29-4-6-30(7-5-29)35(33,34)16-9-14(20(22,23)24)8-15(10-16)21(25,26)27/h8-10,28H,4-7H2,1-3H3. The van der Waals surface area contributed by atoms with E-state index >= 15 is 0 Å². The van der Waals surface area contributed by atoms with Gasteiger partial charge in [-0.3, -0.25) is 9.59 Å². The number of sulfonamides is 1. The number of benzene rings is 1. The van der Waals surface area contributed by atoms with Crippen LogP contribution in [0.1, 0.15) is 50.2 Å². The van der Waals surface area contributed by atoms with Gasteiger partial charge in [-0.05, 0) is 44.5 Å². The van der Waals surface area contributed by atoms with Crippen molar-refractivity contribution in [3.63, 3.8) is 0 Å².